The van der Waals surface area contributed by atoms with E-state index in [4.69, 9.17) is 0 Å². The van der Waals surface area contributed by atoms with Crippen LogP contribution in [0, 0.1) is 0 Å². The van der Waals surface area contributed by atoms with E-state index in [-0.39, 0.29) is 18.1 Å². The van der Waals surface area contributed by atoms with Gasteiger partial charge < -0.3 is 10.2 Å². The number of carbonyl (C=O) groups is 1. The maximum Gasteiger partial charge on any atom is 0.418 e. The van der Waals surface area contributed by atoms with Crippen molar-refractivity contribution in [2.75, 3.05) is 16.8 Å². The molecule has 6 nitrogen and oxygen atoms in total. The van der Waals surface area contributed by atoms with Crippen molar-refractivity contribution in [1.82, 2.24) is 14.8 Å². The molecule has 1 fully saturated rings. The van der Waals surface area contributed by atoms with Crippen molar-refractivity contribution in [3.05, 3.63) is 48.3 Å². The Morgan fingerprint density at radius 3 is 2.78 bits per heavy atom. The van der Waals surface area contributed by atoms with Crippen LogP contribution in [0.25, 0.3) is 11.0 Å². The predicted octanol–water partition coefficient (Wildman–Crippen LogP) is 3.20. The van der Waals surface area contributed by atoms with Crippen molar-refractivity contribution in [2.45, 2.75) is 18.6 Å². The third-order valence-corrected chi connectivity index (χ3v) is 4.67. The molecule has 140 valence electrons. The summed E-state index contributed by atoms with van der Waals surface area (Å²) in [6, 6.07) is 6.25. The Hall–Kier alpha value is -3.10. The number of amides is 1. The highest BCUT2D eigenvalue weighted by Crippen LogP contribution is 2.38. The molecule has 0 radical (unpaired) electrons. The molecular weight excluding hydrogens is 359 g/mol. The summed E-state index contributed by atoms with van der Waals surface area (Å²) in [7, 11) is 1.76. The fourth-order valence-electron chi connectivity index (χ4n) is 3.36. The van der Waals surface area contributed by atoms with Crippen molar-refractivity contribution in [3.8, 4) is 0 Å². The number of aryl methyl sites for hydroxylation is 1. The van der Waals surface area contributed by atoms with Gasteiger partial charge in [-0.25, -0.2) is 4.98 Å². The van der Waals surface area contributed by atoms with Crippen LogP contribution in [0.15, 0.2) is 42.7 Å². The molecule has 1 unspecified atom stereocenters. The van der Waals surface area contributed by atoms with Crippen molar-refractivity contribution in [1.29, 1.82) is 0 Å². The van der Waals surface area contributed by atoms with E-state index in [1.54, 1.807) is 30.2 Å². The molecule has 1 aliphatic heterocycles. The number of rotatable bonds is 3. The molecule has 0 saturated carbocycles. The summed E-state index contributed by atoms with van der Waals surface area (Å²) in [6.07, 6.45) is -0.881. The number of halogens is 3. The van der Waals surface area contributed by atoms with Crippen LogP contribution in [0.2, 0.25) is 0 Å². The summed E-state index contributed by atoms with van der Waals surface area (Å²) in [4.78, 5) is 18.2. The zero-order chi connectivity index (χ0) is 19.2. The van der Waals surface area contributed by atoms with E-state index < -0.39 is 17.8 Å². The highest BCUT2D eigenvalue weighted by molar-refractivity contribution is 6.02. The summed E-state index contributed by atoms with van der Waals surface area (Å²) in [5.74, 6) is -0.388. The van der Waals surface area contributed by atoms with Crippen LogP contribution in [-0.4, -0.2) is 33.3 Å². The first-order chi connectivity index (χ1) is 12.9. The Bertz CT molecular complexity index is 1010. The molecule has 27 heavy (non-hydrogen) atoms. The number of fused-ring (bicyclic) bond motifs is 1. The standard InChI is InChI=1S/C18H16F3N5O/c1-25-16-11(10-23-25)13(6-8-22-16)24-14-7-9-26(17(14)27)15-5-3-2-4-12(15)18(19,20)21/h2-6,8,10,14H,7,9H2,1H3,(H,22,24). The molecule has 0 aliphatic carbocycles. The van der Waals surface area contributed by atoms with E-state index in [1.807, 2.05) is 0 Å². The lowest BCUT2D eigenvalue weighted by atomic mass is 10.1. The highest BCUT2D eigenvalue weighted by atomic mass is 19.4. The molecule has 1 aromatic carbocycles. The number of anilines is 2. The fraction of sp³-hybridized carbons (Fsp3) is 0.278. The van der Waals surface area contributed by atoms with Crippen LogP contribution >= 0.6 is 0 Å². The van der Waals surface area contributed by atoms with Gasteiger partial charge in [-0.1, -0.05) is 12.1 Å². The lowest BCUT2D eigenvalue weighted by Gasteiger charge is -2.22. The Morgan fingerprint density at radius 2 is 2.00 bits per heavy atom. The maximum atomic E-state index is 13.3. The molecule has 4 rings (SSSR count). The van der Waals surface area contributed by atoms with E-state index in [0.29, 0.717) is 17.8 Å². The van der Waals surface area contributed by atoms with E-state index in [1.165, 1.54) is 23.1 Å². The number of benzene rings is 1. The van der Waals surface area contributed by atoms with E-state index in [9.17, 15) is 18.0 Å². The summed E-state index contributed by atoms with van der Waals surface area (Å²) < 4.78 is 41.5. The number of hydrogen-bond acceptors (Lipinski definition) is 4. The highest BCUT2D eigenvalue weighted by Gasteiger charge is 2.39. The second-order valence-corrected chi connectivity index (χ2v) is 6.35. The second-order valence-electron chi connectivity index (χ2n) is 6.35. The molecule has 1 saturated heterocycles. The van der Waals surface area contributed by atoms with Gasteiger partial charge >= 0.3 is 6.18 Å². The summed E-state index contributed by atoms with van der Waals surface area (Å²) in [5, 5.41) is 8.04. The van der Waals surface area contributed by atoms with Gasteiger partial charge in [0.15, 0.2) is 5.65 Å². The Balaban J connectivity index is 1.61. The van der Waals surface area contributed by atoms with Gasteiger partial charge in [0.25, 0.3) is 0 Å². The molecule has 0 bridgehead atoms. The van der Waals surface area contributed by atoms with Gasteiger partial charge in [0.1, 0.15) is 6.04 Å². The Morgan fingerprint density at radius 1 is 1.22 bits per heavy atom. The molecule has 2 aromatic heterocycles. The number of nitrogens with zero attached hydrogens (tertiary/aromatic N) is 4. The van der Waals surface area contributed by atoms with Gasteiger partial charge in [-0.3, -0.25) is 9.48 Å². The molecule has 0 spiro atoms. The van der Waals surface area contributed by atoms with Crippen LogP contribution in [-0.2, 0) is 18.0 Å². The van der Waals surface area contributed by atoms with Gasteiger partial charge in [-0.15, -0.1) is 0 Å². The number of nitrogens with one attached hydrogen (secondary N) is 1. The Labute approximate surface area is 152 Å². The zero-order valence-corrected chi connectivity index (χ0v) is 14.4. The number of aromatic nitrogens is 3. The van der Waals surface area contributed by atoms with E-state index in [0.717, 1.165) is 11.5 Å². The summed E-state index contributed by atoms with van der Waals surface area (Å²) in [6.45, 7) is 0.213. The van der Waals surface area contributed by atoms with E-state index >= 15 is 0 Å². The lowest BCUT2D eigenvalue weighted by molar-refractivity contribution is -0.137. The number of pyridine rings is 1. The number of para-hydroxylation sites is 1. The van der Waals surface area contributed by atoms with Crippen LogP contribution in [0.3, 0.4) is 0 Å². The molecular formula is C18H16F3N5O. The lowest BCUT2D eigenvalue weighted by Crippen LogP contribution is -2.34. The number of hydrogen-bond donors (Lipinski definition) is 1. The minimum absolute atomic E-state index is 0.111. The molecule has 1 amide bonds. The molecule has 3 heterocycles. The normalized spacial score (nSPS) is 17.7. The molecule has 3 aromatic rings. The van der Waals surface area contributed by atoms with Crippen molar-refractivity contribution in [3.63, 3.8) is 0 Å². The quantitative estimate of drug-likeness (QED) is 0.764. The second kappa shape index (κ2) is 6.26. The van der Waals surface area contributed by atoms with Crippen LogP contribution in [0.4, 0.5) is 24.5 Å². The average Bonchev–Trinajstić information content (AvgIpc) is 3.19. The maximum absolute atomic E-state index is 13.3. The first kappa shape index (κ1) is 17.3. The number of carbonyl (C=O) groups excluding carboxylic acids is 1. The predicted molar refractivity (Wildman–Crippen MR) is 94.3 cm³/mol. The SMILES string of the molecule is Cn1ncc2c(NC3CCN(c4ccccc4C(F)(F)F)C3=O)ccnc21. The topological polar surface area (TPSA) is 63.1 Å². The summed E-state index contributed by atoms with van der Waals surface area (Å²) >= 11 is 0. The van der Waals surface area contributed by atoms with Gasteiger partial charge in [0.2, 0.25) is 5.91 Å². The zero-order valence-electron chi connectivity index (χ0n) is 14.4. The minimum Gasteiger partial charge on any atom is -0.373 e. The van der Waals surface area contributed by atoms with Crippen molar-refractivity contribution >= 4 is 28.3 Å². The molecule has 9 heteroatoms. The van der Waals surface area contributed by atoms with Gasteiger partial charge in [0, 0.05) is 25.5 Å². The molecule has 1 N–H and O–H groups in total. The third-order valence-electron chi connectivity index (χ3n) is 4.67. The smallest absolute Gasteiger partial charge is 0.373 e. The summed E-state index contributed by atoms with van der Waals surface area (Å²) in [5.41, 5.74) is 0.417. The minimum atomic E-state index is -4.52. The van der Waals surface area contributed by atoms with Crippen LogP contribution in [0.1, 0.15) is 12.0 Å². The van der Waals surface area contributed by atoms with Gasteiger partial charge in [0.05, 0.1) is 22.8 Å². The van der Waals surface area contributed by atoms with Crippen molar-refractivity contribution < 1.29 is 18.0 Å². The van der Waals surface area contributed by atoms with Crippen LogP contribution in [0.5, 0.6) is 0 Å². The van der Waals surface area contributed by atoms with E-state index in [2.05, 4.69) is 15.4 Å². The average molecular weight is 375 g/mol. The number of alkyl halides is 3. The largest absolute Gasteiger partial charge is 0.418 e. The fourth-order valence-corrected chi connectivity index (χ4v) is 3.36. The van der Waals surface area contributed by atoms with Crippen molar-refractivity contribution in [2.24, 2.45) is 7.05 Å². The van der Waals surface area contributed by atoms with Gasteiger partial charge in [-0.05, 0) is 24.6 Å². The monoisotopic (exact) mass is 375 g/mol. The first-order valence-corrected chi connectivity index (χ1v) is 8.37. The molecule has 1 aliphatic rings. The molecule has 1 atom stereocenters. The third kappa shape index (κ3) is 2.98. The Kier molecular flexibility index (Phi) is 4.01. The first-order valence-electron chi connectivity index (χ1n) is 8.37. The van der Waals surface area contributed by atoms with Gasteiger partial charge in [-0.2, -0.15) is 18.3 Å². The van der Waals surface area contributed by atoms with Crippen LogP contribution < -0.4 is 10.2 Å².